The van der Waals surface area contributed by atoms with E-state index < -0.39 is 0 Å². The minimum atomic E-state index is -0.278. The minimum absolute atomic E-state index is 0.150. The molecular weight excluding hydrogens is 217 g/mol. The normalized spacial score (nSPS) is 29.2. The van der Waals surface area contributed by atoms with Gasteiger partial charge in [0.05, 0.1) is 5.60 Å². The Hall–Kier alpha value is -0.930. The SMILES string of the molecule is COC1(Cc2ccccc2F)CCCC(N)C1. The average molecular weight is 237 g/mol. The summed E-state index contributed by atoms with van der Waals surface area (Å²) in [5.74, 6) is -0.150. The molecule has 0 aliphatic heterocycles. The highest BCUT2D eigenvalue weighted by atomic mass is 19.1. The van der Waals surface area contributed by atoms with Crippen LogP contribution in [-0.4, -0.2) is 18.8 Å². The summed E-state index contributed by atoms with van der Waals surface area (Å²) >= 11 is 0. The van der Waals surface area contributed by atoms with Gasteiger partial charge in [-0.25, -0.2) is 4.39 Å². The van der Waals surface area contributed by atoms with Crippen LogP contribution in [0.1, 0.15) is 31.2 Å². The van der Waals surface area contributed by atoms with E-state index in [4.69, 9.17) is 10.5 Å². The van der Waals surface area contributed by atoms with E-state index in [1.807, 2.05) is 12.1 Å². The number of halogens is 1. The zero-order valence-electron chi connectivity index (χ0n) is 10.3. The molecule has 1 aliphatic rings. The largest absolute Gasteiger partial charge is 0.378 e. The van der Waals surface area contributed by atoms with Crippen molar-refractivity contribution in [2.75, 3.05) is 7.11 Å². The van der Waals surface area contributed by atoms with Gasteiger partial charge in [0.2, 0.25) is 0 Å². The van der Waals surface area contributed by atoms with E-state index in [-0.39, 0.29) is 17.5 Å². The summed E-state index contributed by atoms with van der Waals surface area (Å²) in [7, 11) is 1.71. The van der Waals surface area contributed by atoms with Crippen molar-refractivity contribution in [3.8, 4) is 0 Å². The van der Waals surface area contributed by atoms with Crippen LogP contribution in [0, 0.1) is 5.82 Å². The van der Waals surface area contributed by atoms with E-state index in [1.54, 1.807) is 13.2 Å². The van der Waals surface area contributed by atoms with Gasteiger partial charge in [-0.2, -0.15) is 0 Å². The lowest BCUT2D eigenvalue weighted by Gasteiger charge is -2.39. The summed E-state index contributed by atoms with van der Waals surface area (Å²) in [6.07, 6.45) is 4.50. The number of methoxy groups -OCH3 is 1. The van der Waals surface area contributed by atoms with Crippen molar-refractivity contribution in [3.05, 3.63) is 35.6 Å². The maximum Gasteiger partial charge on any atom is 0.126 e. The van der Waals surface area contributed by atoms with E-state index in [0.29, 0.717) is 6.42 Å². The fourth-order valence-corrected chi connectivity index (χ4v) is 2.78. The van der Waals surface area contributed by atoms with Gasteiger partial charge in [0, 0.05) is 19.6 Å². The van der Waals surface area contributed by atoms with Crippen molar-refractivity contribution in [2.24, 2.45) is 5.73 Å². The van der Waals surface area contributed by atoms with Crippen LogP contribution >= 0.6 is 0 Å². The number of hydrogen-bond donors (Lipinski definition) is 1. The second-order valence-corrected chi connectivity index (χ2v) is 5.01. The third-order valence-corrected chi connectivity index (χ3v) is 3.74. The smallest absolute Gasteiger partial charge is 0.126 e. The molecule has 0 aromatic heterocycles. The van der Waals surface area contributed by atoms with E-state index in [0.717, 1.165) is 31.2 Å². The van der Waals surface area contributed by atoms with Crippen LogP contribution in [0.4, 0.5) is 4.39 Å². The van der Waals surface area contributed by atoms with Crippen LogP contribution in [0.25, 0.3) is 0 Å². The van der Waals surface area contributed by atoms with Crippen LogP contribution in [0.2, 0.25) is 0 Å². The van der Waals surface area contributed by atoms with Crippen LogP contribution < -0.4 is 5.73 Å². The molecule has 0 spiro atoms. The number of ether oxygens (including phenoxy) is 1. The topological polar surface area (TPSA) is 35.2 Å². The summed E-state index contributed by atoms with van der Waals surface area (Å²) in [6, 6.07) is 7.09. The standard InChI is InChI=1S/C14H20FNO/c1-17-14(8-4-6-12(16)10-14)9-11-5-2-3-7-13(11)15/h2-3,5,7,12H,4,6,8-10,16H2,1H3. The molecule has 3 heteroatoms. The second-order valence-electron chi connectivity index (χ2n) is 5.01. The first-order valence-corrected chi connectivity index (χ1v) is 6.19. The van der Waals surface area contributed by atoms with Gasteiger partial charge in [0.1, 0.15) is 5.82 Å². The number of benzene rings is 1. The quantitative estimate of drug-likeness (QED) is 0.877. The molecule has 1 aliphatic carbocycles. The monoisotopic (exact) mass is 237 g/mol. The van der Waals surface area contributed by atoms with E-state index in [1.165, 1.54) is 6.07 Å². The van der Waals surface area contributed by atoms with Gasteiger partial charge in [-0.15, -0.1) is 0 Å². The zero-order valence-corrected chi connectivity index (χ0v) is 10.3. The predicted molar refractivity (Wildman–Crippen MR) is 66.3 cm³/mol. The highest BCUT2D eigenvalue weighted by Gasteiger charge is 2.35. The van der Waals surface area contributed by atoms with Crippen molar-refractivity contribution < 1.29 is 9.13 Å². The molecule has 1 aromatic carbocycles. The lowest BCUT2D eigenvalue weighted by Crippen LogP contribution is -2.44. The molecule has 0 radical (unpaired) electrons. The van der Waals surface area contributed by atoms with Crippen LogP contribution in [0.3, 0.4) is 0 Å². The van der Waals surface area contributed by atoms with E-state index in [2.05, 4.69) is 0 Å². The second kappa shape index (κ2) is 5.15. The van der Waals surface area contributed by atoms with Crippen LogP contribution in [-0.2, 0) is 11.2 Å². The third-order valence-electron chi connectivity index (χ3n) is 3.74. The first-order chi connectivity index (χ1) is 8.15. The maximum atomic E-state index is 13.7. The molecule has 0 amide bonds. The molecule has 2 atom stereocenters. The maximum absolute atomic E-state index is 13.7. The summed E-state index contributed by atoms with van der Waals surface area (Å²) < 4.78 is 19.3. The number of hydrogen-bond acceptors (Lipinski definition) is 2. The Morgan fingerprint density at radius 1 is 1.47 bits per heavy atom. The summed E-state index contributed by atoms with van der Waals surface area (Å²) in [6.45, 7) is 0. The number of nitrogens with two attached hydrogens (primary N) is 1. The van der Waals surface area contributed by atoms with Gasteiger partial charge in [0.25, 0.3) is 0 Å². The highest BCUT2D eigenvalue weighted by molar-refractivity contribution is 5.20. The Morgan fingerprint density at radius 3 is 2.88 bits per heavy atom. The molecule has 1 saturated carbocycles. The fourth-order valence-electron chi connectivity index (χ4n) is 2.78. The van der Waals surface area contributed by atoms with Gasteiger partial charge in [-0.1, -0.05) is 18.2 Å². The summed E-state index contributed by atoms with van der Waals surface area (Å²) in [5, 5.41) is 0. The first-order valence-electron chi connectivity index (χ1n) is 6.19. The van der Waals surface area contributed by atoms with Crippen molar-refractivity contribution in [1.29, 1.82) is 0 Å². The van der Waals surface area contributed by atoms with Gasteiger partial charge < -0.3 is 10.5 Å². The Balaban J connectivity index is 2.17. The van der Waals surface area contributed by atoms with Crippen molar-refractivity contribution >= 4 is 0 Å². The molecule has 94 valence electrons. The van der Waals surface area contributed by atoms with Gasteiger partial charge in [-0.05, 0) is 37.3 Å². The average Bonchev–Trinajstić information content (AvgIpc) is 2.32. The first kappa shape index (κ1) is 12.5. The zero-order chi connectivity index (χ0) is 12.3. The summed E-state index contributed by atoms with van der Waals surface area (Å²) in [5.41, 5.74) is 6.45. The van der Waals surface area contributed by atoms with E-state index in [9.17, 15) is 4.39 Å². The lowest BCUT2D eigenvalue weighted by molar-refractivity contribution is -0.0440. The third kappa shape index (κ3) is 2.85. The Kier molecular flexibility index (Phi) is 3.79. The van der Waals surface area contributed by atoms with Gasteiger partial charge in [-0.3, -0.25) is 0 Å². The fraction of sp³-hybridized carbons (Fsp3) is 0.571. The molecule has 1 fully saturated rings. The Morgan fingerprint density at radius 2 is 2.24 bits per heavy atom. The van der Waals surface area contributed by atoms with E-state index >= 15 is 0 Å². The van der Waals surface area contributed by atoms with Crippen molar-refractivity contribution in [1.82, 2.24) is 0 Å². The van der Waals surface area contributed by atoms with Crippen LogP contribution in [0.15, 0.2) is 24.3 Å². The molecule has 2 unspecified atom stereocenters. The predicted octanol–water partition coefficient (Wildman–Crippen LogP) is 2.65. The molecule has 0 bridgehead atoms. The molecule has 2 nitrogen and oxygen atoms in total. The van der Waals surface area contributed by atoms with Gasteiger partial charge >= 0.3 is 0 Å². The van der Waals surface area contributed by atoms with Crippen LogP contribution in [0.5, 0.6) is 0 Å². The Bertz CT molecular complexity index is 382. The number of rotatable bonds is 3. The molecule has 2 N–H and O–H groups in total. The summed E-state index contributed by atoms with van der Waals surface area (Å²) in [4.78, 5) is 0. The highest BCUT2D eigenvalue weighted by Crippen LogP contribution is 2.34. The van der Waals surface area contributed by atoms with Crippen molar-refractivity contribution in [2.45, 2.75) is 43.7 Å². The van der Waals surface area contributed by atoms with Crippen molar-refractivity contribution in [3.63, 3.8) is 0 Å². The Labute approximate surface area is 102 Å². The minimum Gasteiger partial charge on any atom is -0.378 e. The lowest BCUT2D eigenvalue weighted by atomic mass is 9.78. The molecule has 0 saturated heterocycles. The molecule has 17 heavy (non-hydrogen) atoms. The molecule has 2 rings (SSSR count). The molecule has 1 aromatic rings. The van der Waals surface area contributed by atoms with Gasteiger partial charge in [0.15, 0.2) is 0 Å². The molecule has 0 heterocycles. The molecular formula is C14H20FNO.